The van der Waals surface area contributed by atoms with Gasteiger partial charge in [0.05, 0.1) is 10.3 Å². The van der Waals surface area contributed by atoms with Crippen molar-refractivity contribution in [3.05, 3.63) is 47.0 Å². The summed E-state index contributed by atoms with van der Waals surface area (Å²) in [4.78, 5) is 4.23. The number of pyridine rings is 1. The quantitative estimate of drug-likeness (QED) is 0.863. The van der Waals surface area contributed by atoms with Gasteiger partial charge < -0.3 is 10.2 Å². The molecule has 0 saturated heterocycles. The van der Waals surface area contributed by atoms with Crippen molar-refractivity contribution in [2.24, 2.45) is 5.73 Å². The van der Waals surface area contributed by atoms with Crippen LogP contribution < -0.4 is 5.73 Å². The van der Waals surface area contributed by atoms with E-state index >= 15 is 0 Å². The van der Waals surface area contributed by atoms with Crippen LogP contribution in [0.5, 0.6) is 0 Å². The summed E-state index contributed by atoms with van der Waals surface area (Å²) in [5.74, 6) is 1.74. The zero-order valence-electron chi connectivity index (χ0n) is 9.39. The molecule has 1 unspecified atom stereocenters. The van der Waals surface area contributed by atoms with Gasteiger partial charge in [-0.2, -0.15) is 0 Å². The smallest absolute Gasteiger partial charge is 0.118 e. The SMILES string of the molecule is Cc1ccc(C(CN)Sc2ncccc2Cl)o1. The lowest BCUT2D eigenvalue weighted by atomic mass is 10.3. The number of furan rings is 1. The second kappa shape index (κ2) is 5.58. The minimum atomic E-state index is 0.0381. The van der Waals surface area contributed by atoms with Gasteiger partial charge in [-0.05, 0) is 31.2 Å². The molecule has 1 atom stereocenters. The van der Waals surface area contributed by atoms with Crippen molar-refractivity contribution in [3.63, 3.8) is 0 Å². The second-order valence-electron chi connectivity index (χ2n) is 3.58. The average Bonchev–Trinajstić information content (AvgIpc) is 2.75. The van der Waals surface area contributed by atoms with Crippen molar-refractivity contribution in [1.29, 1.82) is 0 Å². The summed E-state index contributed by atoms with van der Waals surface area (Å²) in [6.45, 7) is 2.39. The number of nitrogens with zero attached hydrogens (tertiary/aromatic N) is 1. The van der Waals surface area contributed by atoms with Gasteiger partial charge in [0.15, 0.2) is 0 Å². The first-order valence-electron chi connectivity index (χ1n) is 5.24. The summed E-state index contributed by atoms with van der Waals surface area (Å²) >= 11 is 7.58. The van der Waals surface area contributed by atoms with Gasteiger partial charge in [0.1, 0.15) is 16.5 Å². The van der Waals surface area contributed by atoms with Gasteiger partial charge in [-0.25, -0.2) is 4.98 Å². The maximum atomic E-state index is 6.06. The Kier molecular flexibility index (Phi) is 4.10. The van der Waals surface area contributed by atoms with Crippen LogP contribution >= 0.6 is 23.4 Å². The van der Waals surface area contributed by atoms with E-state index in [1.807, 2.05) is 25.1 Å². The van der Waals surface area contributed by atoms with Crippen LogP contribution in [0.1, 0.15) is 16.8 Å². The molecule has 0 aliphatic rings. The van der Waals surface area contributed by atoms with Crippen LogP contribution in [0, 0.1) is 6.92 Å². The van der Waals surface area contributed by atoms with Crippen LogP contribution in [0.2, 0.25) is 5.02 Å². The third kappa shape index (κ3) is 3.03. The number of aryl methyl sites for hydroxylation is 1. The third-order valence-electron chi connectivity index (χ3n) is 2.27. The predicted molar refractivity (Wildman–Crippen MR) is 70.3 cm³/mol. The molecule has 0 aliphatic carbocycles. The molecule has 2 N–H and O–H groups in total. The Hall–Kier alpha value is -0.970. The lowest BCUT2D eigenvalue weighted by Gasteiger charge is -2.11. The first-order valence-corrected chi connectivity index (χ1v) is 6.50. The fraction of sp³-hybridized carbons (Fsp3) is 0.250. The van der Waals surface area contributed by atoms with E-state index in [0.717, 1.165) is 16.5 Å². The summed E-state index contributed by atoms with van der Waals surface area (Å²) in [5, 5.41) is 1.45. The van der Waals surface area contributed by atoms with E-state index in [2.05, 4.69) is 4.98 Å². The lowest BCUT2D eigenvalue weighted by Crippen LogP contribution is -2.08. The highest BCUT2D eigenvalue weighted by Gasteiger charge is 2.17. The molecule has 0 bridgehead atoms. The summed E-state index contributed by atoms with van der Waals surface area (Å²) < 4.78 is 5.58. The topological polar surface area (TPSA) is 52.0 Å². The van der Waals surface area contributed by atoms with Crippen molar-refractivity contribution in [1.82, 2.24) is 4.98 Å². The summed E-state index contributed by atoms with van der Waals surface area (Å²) in [5.41, 5.74) is 5.76. The molecule has 90 valence electrons. The molecule has 5 heteroatoms. The minimum absolute atomic E-state index is 0.0381. The average molecular weight is 269 g/mol. The maximum Gasteiger partial charge on any atom is 0.118 e. The molecule has 17 heavy (non-hydrogen) atoms. The standard InChI is InChI=1S/C12H13ClN2OS/c1-8-4-5-10(16-8)11(7-14)17-12-9(13)3-2-6-15-12/h2-6,11H,7,14H2,1H3. The highest BCUT2D eigenvalue weighted by Crippen LogP contribution is 2.37. The molecular formula is C12H13ClN2OS. The summed E-state index contributed by atoms with van der Waals surface area (Å²) in [6.07, 6.45) is 1.72. The highest BCUT2D eigenvalue weighted by molar-refractivity contribution is 7.99. The van der Waals surface area contributed by atoms with Gasteiger partial charge in [0.25, 0.3) is 0 Å². The van der Waals surface area contributed by atoms with Gasteiger partial charge >= 0.3 is 0 Å². The highest BCUT2D eigenvalue weighted by atomic mass is 35.5. The van der Waals surface area contributed by atoms with Crippen LogP contribution in [-0.4, -0.2) is 11.5 Å². The molecule has 0 saturated carbocycles. The molecule has 0 amide bonds. The van der Waals surface area contributed by atoms with Crippen LogP contribution in [0.25, 0.3) is 0 Å². The molecule has 3 nitrogen and oxygen atoms in total. The minimum Gasteiger partial charge on any atom is -0.465 e. The van der Waals surface area contributed by atoms with Crippen LogP contribution in [0.3, 0.4) is 0 Å². The largest absolute Gasteiger partial charge is 0.465 e. The Morgan fingerprint density at radius 1 is 1.47 bits per heavy atom. The normalized spacial score (nSPS) is 12.6. The molecule has 0 aliphatic heterocycles. The van der Waals surface area contributed by atoms with Crippen LogP contribution in [0.4, 0.5) is 0 Å². The van der Waals surface area contributed by atoms with Crippen LogP contribution in [-0.2, 0) is 0 Å². The Morgan fingerprint density at radius 2 is 2.29 bits per heavy atom. The van der Waals surface area contributed by atoms with E-state index in [-0.39, 0.29) is 5.25 Å². The number of nitrogens with two attached hydrogens (primary N) is 1. The van der Waals surface area contributed by atoms with Gasteiger partial charge in [-0.1, -0.05) is 23.4 Å². The van der Waals surface area contributed by atoms with E-state index in [9.17, 15) is 0 Å². The molecule has 2 heterocycles. The summed E-state index contributed by atoms with van der Waals surface area (Å²) in [7, 11) is 0. The van der Waals surface area contributed by atoms with E-state index in [1.54, 1.807) is 12.3 Å². The van der Waals surface area contributed by atoms with Crippen molar-refractivity contribution < 1.29 is 4.42 Å². The molecule has 2 aromatic rings. The number of aromatic nitrogens is 1. The van der Waals surface area contributed by atoms with E-state index < -0.39 is 0 Å². The number of hydrogen-bond donors (Lipinski definition) is 1. The molecule has 0 radical (unpaired) electrons. The molecule has 0 aromatic carbocycles. The molecule has 0 spiro atoms. The lowest BCUT2D eigenvalue weighted by molar-refractivity contribution is 0.481. The molecule has 2 rings (SSSR count). The van der Waals surface area contributed by atoms with Gasteiger partial charge in [0.2, 0.25) is 0 Å². The number of rotatable bonds is 4. The van der Waals surface area contributed by atoms with E-state index in [1.165, 1.54) is 11.8 Å². The Balaban J connectivity index is 2.18. The maximum absolute atomic E-state index is 6.06. The second-order valence-corrected chi connectivity index (χ2v) is 5.18. The molecular weight excluding hydrogens is 256 g/mol. The van der Waals surface area contributed by atoms with Crippen LogP contribution in [0.15, 0.2) is 39.9 Å². The zero-order chi connectivity index (χ0) is 12.3. The first kappa shape index (κ1) is 12.5. The van der Waals surface area contributed by atoms with Gasteiger partial charge in [0, 0.05) is 12.7 Å². The number of thioether (sulfide) groups is 1. The third-order valence-corrected chi connectivity index (χ3v) is 3.95. The predicted octanol–water partition coefficient (Wildman–Crippen LogP) is 3.43. The zero-order valence-corrected chi connectivity index (χ0v) is 11.0. The fourth-order valence-corrected chi connectivity index (χ4v) is 2.61. The van der Waals surface area contributed by atoms with Crippen molar-refractivity contribution in [2.45, 2.75) is 17.2 Å². The van der Waals surface area contributed by atoms with Crippen molar-refractivity contribution >= 4 is 23.4 Å². The van der Waals surface area contributed by atoms with E-state index in [4.69, 9.17) is 21.8 Å². The van der Waals surface area contributed by atoms with E-state index in [0.29, 0.717) is 11.6 Å². The summed E-state index contributed by atoms with van der Waals surface area (Å²) in [6, 6.07) is 7.49. The Labute approximate surface area is 109 Å². The Bertz CT molecular complexity index is 501. The Morgan fingerprint density at radius 3 is 2.88 bits per heavy atom. The van der Waals surface area contributed by atoms with Gasteiger partial charge in [-0.15, -0.1) is 0 Å². The van der Waals surface area contributed by atoms with Crippen molar-refractivity contribution in [3.8, 4) is 0 Å². The number of hydrogen-bond acceptors (Lipinski definition) is 4. The van der Waals surface area contributed by atoms with Gasteiger partial charge in [-0.3, -0.25) is 0 Å². The monoisotopic (exact) mass is 268 g/mol. The number of halogens is 1. The van der Waals surface area contributed by atoms with Crippen molar-refractivity contribution in [2.75, 3.05) is 6.54 Å². The molecule has 0 fully saturated rings. The fourth-order valence-electron chi connectivity index (χ4n) is 1.44. The first-order chi connectivity index (χ1) is 8.20. The molecule has 2 aromatic heterocycles.